The molecule has 0 aromatic heterocycles. The molecule has 2 aromatic carbocycles. The molecule has 0 aliphatic carbocycles. The second kappa shape index (κ2) is 6.72. The molecule has 0 aliphatic heterocycles. The number of aliphatic hydroxyl groups excluding tert-OH is 1. The van der Waals surface area contributed by atoms with Crippen LogP contribution in [0.3, 0.4) is 0 Å². The van der Waals surface area contributed by atoms with Crippen molar-refractivity contribution in [1.29, 1.82) is 0 Å². The van der Waals surface area contributed by atoms with Crippen LogP contribution in [0.15, 0.2) is 59.1 Å². The van der Waals surface area contributed by atoms with Crippen LogP contribution in [0.5, 0.6) is 0 Å². The first kappa shape index (κ1) is 13.3. The van der Waals surface area contributed by atoms with Gasteiger partial charge < -0.3 is 5.11 Å². The van der Waals surface area contributed by atoms with E-state index in [0.717, 1.165) is 17.3 Å². The average molecular weight is 305 g/mol. The predicted molar refractivity (Wildman–Crippen MR) is 78.6 cm³/mol. The number of hydrogen-bond acceptors (Lipinski definition) is 1. The van der Waals surface area contributed by atoms with E-state index in [4.69, 9.17) is 0 Å². The van der Waals surface area contributed by atoms with Crippen molar-refractivity contribution < 1.29 is 5.11 Å². The number of rotatable bonds is 5. The molecule has 1 atom stereocenters. The van der Waals surface area contributed by atoms with Crippen LogP contribution in [0.25, 0.3) is 0 Å². The maximum Gasteiger partial charge on any atom is 0.0465 e. The van der Waals surface area contributed by atoms with Crippen LogP contribution in [-0.2, 0) is 12.8 Å². The Labute approximate surface area is 117 Å². The van der Waals surface area contributed by atoms with Gasteiger partial charge in [-0.05, 0) is 42.0 Å². The Hall–Kier alpha value is -1.12. The predicted octanol–water partition coefficient (Wildman–Crippen LogP) is 3.84. The molecule has 0 spiro atoms. The standard InChI is InChI=1S/C16H17BrO/c17-16-8-6-14(7-9-16)11-15(12-18)10-13-4-2-1-3-5-13/h1-9,15,18H,10-12H2. The van der Waals surface area contributed by atoms with E-state index >= 15 is 0 Å². The summed E-state index contributed by atoms with van der Waals surface area (Å²) < 4.78 is 1.09. The van der Waals surface area contributed by atoms with E-state index in [1.807, 2.05) is 30.3 Å². The summed E-state index contributed by atoms with van der Waals surface area (Å²) in [6.45, 7) is 0.227. The zero-order chi connectivity index (χ0) is 12.8. The topological polar surface area (TPSA) is 20.2 Å². The largest absolute Gasteiger partial charge is 0.396 e. The minimum absolute atomic E-state index is 0.227. The van der Waals surface area contributed by atoms with Crippen LogP contribution in [0.1, 0.15) is 11.1 Å². The van der Waals surface area contributed by atoms with Gasteiger partial charge in [0.25, 0.3) is 0 Å². The van der Waals surface area contributed by atoms with Gasteiger partial charge in [0.2, 0.25) is 0 Å². The zero-order valence-electron chi connectivity index (χ0n) is 10.2. The Morgan fingerprint density at radius 1 is 0.833 bits per heavy atom. The molecule has 0 saturated carbocycles. The van der Waals surface area contributed by atoms with Gasteiger partial charge in [-0.2, -0.15) is 0 Å². The van der Waals surface area contributed by atoms with Gasteiger partial charge in [0.15, 0.2) is 0 Å². The van der Waals surface area contributed by atoms with Crippen molar-refractivity contribution in [2.45, 2.75) is 12.8 Å². The smallest absolute Gasteiger partial charge is 0.0465 e. The molecule has 1 unspecified atom stereocenters. The van der Waals surface area contributed by atoms with E-state index in [1.54, 1.807) is 0 Å². The molecule has 2 aromatic rings. The van der Waals surface area contributed by atoms with Crippen LogP contribution in [-0.4, -0.2) is 11.7 Å². The van der Waals surface area contributed by atoms with Crippen molar-refractivity contribution in [2.75, 3.05) is 6.61 Å². The van der Waals surface area contributed by atoms with Gasteiger partial charge in [-0.25, -0.2) is 0 Å². The minimum atomic E-state index is 0.227. The highest BCUT2D eigenvalue weighted by Crippen LogP contribution is 2.17. The lowest BCUT2D eigenvalue weighted by molar-refractivity contribution is 0.225. The van der Waals surface area contributed by atoms with Crippen LogP contribution in [0.2, 0.25) is 0 Å². The molecule has 0 saturated heterocycles. The molecule has 0 amide bonds. The second-order valence-electron chi connectivity index (χ2n) is 4.57. The maximum atomic E-state index is 9.49. The third-order valence-corrected chi connectivity index (χ3v) is 3.59. The molecule has 0 aliphatic rings. The lowest BCUT2D eigenvalue weighted by Crippen LogP contribution is -2.12. The molecule has 18 heavy (non-hydrogen) atoms. The third-order valence-electron chi connectivity index (χ3n) is 3.06. The average Bonchev–Trinajstić information content (AvgIpc) is 2.41. The number of halogens is 1. The quantitative estimate of drug-likeness (QED) is 0.890. The summed E-state index contributed by atoms with van der Waals surface area (Å²) in [6, 6.07) is 18.7. The summed E-state index contributed by atoms with van der Waals surface area (Å²) in [5.74, 6) is 0.286. The summed E-state index contributed by atoms with van der Waals surface area (Å²) in [5, 5.41) is 9.49. The highest BCUT2D eigenvalue weighted by molar-refractivity contribution is 9.10. The lowest BCUT2D eigenvalue weighted by atomic mass is 9.93. The van der Waals surface area contributed by atoms with Gasteiger partial charge in [0.1, 0.15) is 0 Å². The number of benzene rings is 2. The van der Waals surface area contributed by atoms with Crippen molar-refractivity contribution in [2.24, 2.45) is 5.92 Å². The molecule has 0 heterocycles. The van der Waals surface area contributed by atoms with E-state index in [1.165, 1.54) is 11.1 Å². The zero-order valence-corrected chi connectivity index (χ0v) is 11.8. The third kappa shape index (κ3) is 3.97. The van der Waals surface area contributed by atoms with Gasteiger partial charge in [0.05, 0.1) is 0 Å². The Balaban J connectivity index is 1.99. The van der Waals surface area contributed by atoms with Gasteiger partial charge in [-0.1, -0.05) is 58.4 Å². The van der Waals surface area contributed by atoms with Crippen LogP contribution in [0, 0.1) is 5.92 Å². The van der Waals surface area contributed by atoms with Gasteiger partial charge in [-0.3, -0.25) is 0 Å². The number of aliphatic hydroxyl groups is 1. The fraction of sp³-hybridized carbons (Fsp3) is 0.250. The molecule has 2 heteroatoms. The first-order valence-corrected chi connectivity index (χ1v) is 6.96. The van der Waals surface area contributed by atoms with Gasteiger partial charge in [0, 0.05) is 11.1 Å². The molecule has 0 radical (unpaired) electrons. The van der Waals surface area contributed by atoms with E-state index in [0.29, 0.717) is 0 Å². The van der Waals surface area contributed by atoms with Crippen LogP contribution in [0.4, 0.5) is 0 Å². The van der Waals surface area contributed by atoms with E-state index in [2.05, 4.69) is 40.2 Å². The van der Waals surface area contributed by atoms with Crippen molar-refractivity contribution in [3.63, 3.8) is 0 Å². The van der Waals surface area contributed by atoms with Crippen LogP contribution >= 0.6 is 15.9 Å². The molecule has 1 nitrogen and oxygen atoms in total. The van der Waals surface area contributed by atoms with Crippen molar-refractivity contribution >= 4 is 15.9 Å². The second-order valence-corrected chi connectivity index (χ2v) is 5.48. The highest BCUT2D eigenvalue weighted by Gasteiger charge is 2.09. The molecular formula is C16H17BrO. The molecular weight excluding hydrogens is 288 g/mol. The summed E-state index contributed by atoms with van der Waals surface area (Å²) >= 11 is 3.43. The molecule has 0 bridgehead atoms. The Bertz CT molecular complexity index is 464. The SMILES string of the molecule is OCC(Cc1ccccc1)Cc1ccc(Br)cc1. The summed E-state index contributed by atoms with van der Waals surface area (Å²) in [5.41, 5.74) is 2.56. The fourth-order valence-corrected chi connectivity index (χ4v) is 2.37. The van der Waals surface area contributed by atoms with E-state index in [-0.39, 0.29) is 12.5 Å². The monoisotopic (exact) mass is 304 g/mol. The van der Waals surface area contributed by atoms with Gasteiger partial charge >= 0.3 is 0 Å². The molecule has 1 N–H and O–H groups in total. The Morgan fingerprint density at radius 2 is 1.39 bits per heavy atom. The first-order valence-electron chi connectivity index (χ1n) is 6.17. The van der Waals surface area contributed by atoms with E-state index in [9.17, 15) is 5.11 Å². The van der Waals surface area contributed by atoms with Gasteiger partial charge in [-0.15, -0.1) is 0 Å². The molecule has 2 rings (SSSR count). The minimum Gasteiger partial charge on any atom is -0.396 e. The summed E-state index contributed by atoms with van der Waals surface area (Å²) in [6.07, 6.45) is 1.84. The van der Waals surface area contributed by atoms with E-state index < -0.39 is 0 Å². The highest BCUT2D eigenvalue weighted by atomic mass is 79.9. The fourth-order valence-electron chi connectivity index (χ4n) is 2.10. The molecule has 0 fully saturated rings. The summed E-state index contributed by atoms with van der Waals surface area (Å²) in [7, 11) is 0. The van der Waals surface area contributed by atoms with Crippen molar-refractivity contribution in [3.8, 4) is 0 Å². The Morgan fingerprint density at radius 3 is 1.94 bits per heavy atom. The molecule has 94 valence electrons. The van der Waals surface area contributed by atoms with Crippen molar-refractivity contribution in [3.05, 3.63) is 70.2 Å². The summed E-state index contributed by atoms with van der Waals surface area (Å²) in [4.78, 5) is 0. The van der Waals surface area contributed by atoms with Crippen molar-refractivity contribution in [1.82, 2.24) is 0 Å². The normalized spacial score (nSPS) is 12.3. The number of hydrogen-bond donors (Lipinski definition) is 1. The first-order chi connectivity index (χ1) is 8.78. The maximum absolute atomic E-state index is 9.49. The van der Waals surface area contributed by atoms with Crippen LogP contribution < -0.4 is 0 Å². The lowest BCUT2D eigenvalue weighted by Gasteiger charge is -2.14. The Kier molecular flexibility index (Phi) is 4.97.